The van der Waals surface area contributed by atoms with E-state index in [-0.39, 0.29) is 23.7 Å². The topological polar surface area (TPSA) is 96.0 Å². The molecule has 184 valence electrons. The fourth-order valence-electron chi connectivity index (χ4n) is 6.61. The molecule has 0 radical (unpaired) electrons. The Morgan fingerprint density at radius 3 is 2.21 bits per heavy atom. The van der Waals surface area contributed by atoms with Crippen LogP contribution in [-0.2, 0) is 23.9 Å². The molecule has 0 aromatic carbocycles. The minimum Gasteiger partial charge on any atom is -0.448 e. The molecular formula is C25H39N3O5. The van der Waals surface area contributed by atoms with Crippen LogP contribution in [0.5, 0.6) is 0 Å². The van der Waals surface area contributed by atoms with Gasteiger partial charge in [0, 0.05) is 25.0 Å². The predicted octanol–water partition coefficient (Wildman–Crippen LogP) is 2.25. The molecule has 3 heterocycles. The Labute approximate surface area is 196 Å². The highest BCUT2D eigenvalue weighted by Crippen LogP contribution is 2.66. The molecule has 2 bridgehead atoms. The maximum absolute atomic E-state index is 13.7. The van der Waals surface area contributed by atoms with Gasteiger partial charge < -0.3 is 19.9 Å². The number of nitrogens with zero attached hydrogens (tertiary/aromatic N) is 2. The van der Waals surface area contributed by atoms with Crippen molar-refractivity contribution >= 4 is 23.7 Å². The lowest BCUT2D eigenvalue weighted by molar-refractivity contribution is -0.177. The third-order valence-electron chi connectivity index (χ3n) is 9.27. The molecule has 33 heavy (non-hydrogen) atoms. The van der Waals surface area contributed by atoms with Crippen molar-refractivity contribution in [2.75, 3.05) is 19.6 Å². The molecule has 3 unspecified atom stereocenters. The van der Waals surface area contributed by atoms with Gasteiger partial charge in [0.05, 0.1) is 5.41 Å². The highest BCUT2D eigenvalue weighted by atomic mass is 16.6. The summed E-state index contributed by atoms with van der Waals surface area (Å²) in [4.78, 5) is 56.6. The van der Waals surface area contributed by atoms with Crippen LogP contribution in [0.15, 0.2) is 0 Å². The van der Waals surface area contributed by atoms with Crippen LogP contribution in [0, 0.1) is 16.7 Å². The van der Waals surface area contributed by atoms with Crippen LogP contribution in [0.1, 0.15) is 80.1 Å². The van der Waals surface area contributed by atoms with Gasteiger partial charge in [-0.1, -0.05) is 34.6 Å². The monoisotopic (exact) mass is 461 g/mol. The van der Waals surface area contributed by atoms with E-state index in [0.717, 1.165) is 6.42 Å². The first-order valence-corrected chi connectivity index (χ1v) is 12.5. The van der Waals surface area contributed by atoms with E-state index in [1.54, 1.807) is 9.80 Å². The summed E-state index contributed by atoms with van der Waals surface area (Å²) in [5.74, 6) is -0.263. The summed E-state index contributed by atoms with van der Waals surface area (Å²) in [7, 11) is 0. The first-order valence-electron chi connectivity index (χ1n) is 12.5. The van der Waals surface area contributed by atoms with Crippen molar-refractivity contribution in [2.24, 2.45) is 16.7 Å². The number of hydrogen-bond acceptors (Lipinski definition) is 5. The maximum Gasteiger partial charge on any atom is 0.313 e. The summed E-state index contributed by atoms with van der Waals surface area (Å²) >= 11 is 0. The summed E-state index contributed by atoms with van der Waals surface area (Å²) in [6.07, 6.45) is 3.34. The van der Waals surface area contributed by atoms with Crippen molar-refractivity contribution < 1.29 is 23.9 Å². The molecule has 8 nitrogen and oxygen atoms in total. The van der Waals surface area contributed by atoms with Crippen LogP contribution in [-0.4, -0.2) is 70.3 Å². The van der Waals surface area contributed by atoms with E-state index in [1.807, 2.05) is 41.5 Å². The van der Waals surface area contributed by atoms with Gasteiger partial charge in [-0.3, -0.25) is 19.2 Å². The normalized spacial score (nSPS) is 34.8. The fourth-order valence-corrected chi connectivity index (χ4v) is 6.61. The van der Waals surface area contributed by atoms with Gasteiger partial charge in [0.15, 0.2) is 5.60 Å². The van der Waals surface area contributed by atoms with E-state index in [9.17, 15) is 19.2 Å². The number of esters is 1. The Kier molecular flexibility index (Phi) is 5.61. The average Bonchev–Trinajstić information content (AvgIpc) is 3.05. The first kappa shape index (κ1) is 24.0. The second-order valence-corrected chi connectivity index (χ2v) is 11.6. The summed E-state index contributed by atoms with van der Waals surface area (Å²) in [5, 5.41) is 2.99. The maximum atomic E-state index is 13.7. The molecule has 3 amide bonds. The number of rotatable bonds is 5. The van der Waals surface area contributed by atoms with Crippen LogP contribution in [0.3, 0.4) is 0 Å². The highest BCUT2D eigenvalue weighted by molar-refractivity contribution is 6.00. The lowest BCUT2D eigenvalue weighted by Crippen LogP contribution is -2.73. The van der Waals surface area contributed by atoms with Gasteiger partial charge in [0.1, 0.15) is 11.6 Å². The standard InChI is InChI=1S/C25H39N3O5/c1-7-12-28-18(29)17(15-16(2)3)26-19(30)24(28)10-13-27(14-11-24)20(31)25-9-8-23(6,21(32)33-25)22(25,4)5/h16-17H,7-15H2,1-6H3,(H,26,30). The van der Waals surface area contributed by atoms with Gasteiger partial charge in [-0.05, 0) is 51.4 Å². The van der Waals surface area contributed by atoms with E-state index in [2.05, 4.69) is 5.32 Å². The zero-order valence-electron chi connectivity index (χ0n) is 21.0. The summed E-state index contributed by atoms with van der Waals surface area (Å²) in [6.45, 7) is 13.2. The number of nitrogens with one attached hydrogen (secondary N) is 1. The Bertz CT molecular complexity index is 875. The second-order valence-electron chi connectivity index (χ2n) is 11.6. The SMILES string of the molecule is CCCN1C(=O)C(CC(C)C)NC(=O)C12CCN(C(=O)C13CCC(C)(C(=O)O1)C3(C)C)CC2. The second kappa shape index (κ2) is 7.70. The van der Waals surface area contributed by atoms with Crippen LogP contribution < -0.4 is 5.32 Å². The first-order chi connectivity index (χ1) is 15.4. The number of fused-ring (bicyclic) bond motifs is 2. The molecule has 0 aromatic heterocycles. The number of carbonyl (C=O) groups is 4. The number of piperidine rings is 1. The van der Waals surface area contributed by atoms with Crippen molar-refractivity contribution in [1.82, 2.24) is 15.1 Å². The summed E-state index contributed by atoms with van der Waals surface area (Å²) in [6, 6.07) is -0.483. The van der Waals surface area contributed by atoms with E-state index >= 15 is 0 Å². The van der Waals surface area contributed by atoms with Crippen LogP contribution in [0.25, 0.3) is 0 Å². The van der Waals surface area contributed by atoms with Gasteiger partial charge in [-0.25, -0.2) is 0 Å². The van der Waals surface area contributed by atoms with Crippen molar-refractivity contribution in [1.29, 1.82) is 0 Å². The third-order valence-corrected chi connectivity index (χ3v) is 9.27. The van der Waals surface area contributed by atoms with Crippen LogP contribution >= 0.6 is 0 Å². The van der Waals surface area contributed by atoms with Crippen molar-refractivity contribution in [2.45, 2.75) is 97.2 Å². The molecule has 4 fully saturated rings. The molecule has 3 atom stereocenters. The largest absolute Gasteiger partial charge is 0.448 e. The number of piperazine rings is 1. The quantitative estimate of drug-likeness (QED) is 0.634. The van der Waals surface area contributed by atoms with E-state index in [0.29, 0.717) is 57.7 Å². The highest BCUT2D eigenvalue weighted by Gasteiger charge is 2.76. The lowest BCUT2D eigenvalue weighted by atomic mass is 9.66. The molecule has 1 spiro atoms. The molecule has 3 saturated heterocycles. The van der Waals surface area contributed by atoms with Gasteiger partial charge in [-0.2, -0.15) is 0 Å². The predicted molar refractivity (Wildman–Crippen MR) is 122 cm³/mol. The number of likely N-dealkylation sites (tertiary alicyclic amines) is 1. The number of amides is 3. The molecule has 1 saturated carbocycles. The fraction of sp³-hybridized carbons (Fsp3) is 0.840. The Hall–Kier alpha value is -2.12. The molecule has 8 heteroatoms. The summed E-state index contributed by atoms with van der Waals surface area (Å²) < 4.78 is 5.79. The Morgan fingerprint density at radius 2 is 1.73 bits per heavy atom. The molecular weight excluding hydrogens is 422 g/mol. The number of carbonyl (C=O) groups excluding carboxylic acids is 4. The zero-order chi connectivity index (χ0) is 24.4. The molecule has 3 aliphatic heterocycles. The Morgan fingerprint density at radius 1 is 1.09 bits per heavy atom. The molecule has 1 N–H and O–H groups in total. The third kappa shape index (κ3) is 3.08. The number of hydrogen-bond donors (Lipinski definition) is 1. The van der Waals surface area contributed by atoms with Gasteiger partial charge in [-0.15, -0.1) is 0 Å². The van der Waals surface area contributed by atoms with Crippen molar-refractivity contribution in [3.63, 3.8) is 0 Å². The van der Waals surface area contributed by atoms with E-state index in [1.165, 1.54) is 0 Å². The van der Waals surface area contributed by atoms with Crippen LogP contribution in [0.4, 0.5) is 0 Å². The van der Waals surface area contributed by atoms with E-state index < -0.39 is 28.0 Å². The number of ether oxygens (including phenoxy) is 1. The molecule has 4 aliphatic rings. The minimum absolute atomic E-state index is 0.0130. The van der Waals surface area contributed by atoms with E-state index in [4.69, 9.17) is 4.74 Å². The van der Waals surface area contributed by atoms with Gasteiger partial charge in [0.25, 0.3) is 5.91 Å². The van der Waals surface area contributed by atoms with Gasteiger partial charge in [0.2, 0.25) is 11.8 Å². The van der Waals surface area contributed by atoms with Crippen molar-refractivity contribution in [3.05, 3.63) is 0 Å². The van der Waals surface area contributed by atoms with Crippen LogP contribution in [0.2, 0.25) is 0 Å². The molecule has 0 aromatic rings. The average molecular weight is 462 g/mol. The van der Waals surface area contributed by atoms with Gasteiger partial charge >= 0.3 is 5.97 Å². The smallest absolute Gasteiger partial charge is 0.313 e. The van der Waals surface area contributed by atoms with Crippen molar-refractivity contribution in [3.8, 4) is 0 Å². The summed E-state index contributed by atoms with van der Waals surface area (Å²) in [5.41, 5.74) is -3.31. The molecule has 1 aliphatic carbocycles. The molecule has 4 rings (SSSR count). The lowest BCUT2D eigenvalue weighted by Gasteiger charge is -2.52. The minimum atomic E-state index is -1.14. The zero-order valence-corrected chi connectivity index (χ0v) is 21.0. The Balaban J connectivity index is 1.54.